The zero-order valence-electron chi connectivity index (χ0n) is 16.1. The van der Waals surface area contributed by atoms with Crippen molar-refractivity contribution in [3.8, 4) is 0 Å². The number of hydrogen-bond acceptors (Lipinski definition) is 3. The second-order valence-corrected chi connectivity index (χ2v) is 5.15. The molecule has 0 bridgehead atoms. The molecule has 2 fully saturated rings. The Kier molecular flexibility index (Phi) is 17.9. The lowest BCUT2D eigenvalue weighted by Crippen LogP contribution is -2.36. The van der Waals surface area contributed by atoms with E-state index in [1.165, 1.54) is 45.4 Å². The van der Waals surface area contributed by atoms with Gasteiger partial charge in [-0.15, -0.1) is 0 Å². The Bertz CT molecular complexity index is 192. The summed E-state index contributed by atoms with van der Waals surface area (Å²) in [6.45, 7) is 18.3. The van der Waals surface area contributed by atoms with Crippen LogP contribution < -0.4 is 0 Å². The molecule has 0 aromatic heterocycles. The van der Waals surface area contributed by atoms with Gasteiger partial charge in [-0.2, -0.15) is 0 Å². The Labute approximate surface area is 135 Å². The molecule has 3 heteroatoms. The van der Waals surface area contributed by atoms with E-state index in [0.29, 0.717) is 6.10 Å². The van der Waals surface area contributed by atoms with Gasteiger partial charge in [0.2, 0.25) is 0 Å². The lowest BCUT2D eigenvalue weighted by molar-refractivity contribution is 0.102. The number of nitrogens with zero attached hydrogens (tertiary/aromatic N) is 2. The first-order valence-electron chi connectivity index (χ1n) is 9.21. The van der Waals surface area contributed by atoms with Crippen molar-refractivity contribution in [2.45, 2.75) is 66.9 Å². The summed E-state index contributed by atoms with van der Waals surface area (Å²) in [5.41, 5.74) is 0. The molecule has 0 aromatic rings. The van der Waals surface area contributed by atoms with Crippen LogP contribution in [0.4, 0.5) is 0 Å². The van der Waals surface area contributed by atoms with Crippen LogP contribution in [0.1, 0.15) is 60.8 Å². The molecule has 21 heavy (non-hydrogen) atoms. The van der Waals surface area contributed by atoms with Crippen LogP contribution in [0.25, 0.3) is 0 Å². The number of rotatable bonds is 3. The summed E-state index contributed by atoms with van der Waals surface area (Å²) < 4.78 is 5.40. The van der Waals surface area contributed by atoms with Crippen molar-refractivity contribution in [1.29, 1.82) is 0 Å². The molecule has 0 aromatic carbocycles. The van der Waals surface area contributed by atoms with E-state index in [-0.39, 0.29) is 0 Å². The van der Waals surface area contributed by atoms with Gasteiger partial charge in [-0.1, -0.05) is 41.5 Å². The highest BCUT2D eigenvalue weighted by atomic mass is 16.5. The van der Waals surface area contributed by atoms with Crippen molar-refractivity contribution >= 4 is 0 Å². The van der Waals surface area contributed by atoms with Crippen molar-refractivity contribution in [2.75, 3.05) is 46.9 Å². The summed E-state index contributed by atoms with van der Waals surface area (Å²) in [6.07, 6.45) is 4.48. The summed E-state index contributed by atoms with van der Waals surface area (Å²) in [5.74, 6) is 0.928. The molecular formula is C18H42N2O. The summed E-state index contributed by atoms with van der Waals surface area (Å²) >= 11 is 0. The molecule has 1 atom stereocenters. The van der Waals surface area contributed by atoms with Crippen LogP contribution in [0.2, 0.25) is 0 Å². The van der Waals surface area contributed by atoms with Gasteiger partial charge in [0, 0.05) is 26.7 Å². The topological polar surface area (TPSA) is 15.7 Å². The third kappa shape index (κ3) is 10.3. The highest BCUT2D eigenvalue weighted by Gasteiger charge is 2.25. The van der Waals surface area contributed by atoms with Crippen LogP contribution in [-0.4, -0.2) is 62.8 Å². The fraction of sp³-hybridized carbons (Fsp3) is 1.00. The van der Waals surface area contributed by atoms with Crippen LogP contribution in [-0.2, 0) is 4.74 Å². The Hall–Kier alpha value is -0.120. The van der Waals surface area contributed by atoms with E-state index >= 15 is 0 Å². The molecule has 0 aliphatic carbocycles. The van der Waals surface area contributed by atoms with Crippen molar-refractivity contribution in [2.24, 2.45) is 5.92 Å². The van der Waals surface area contributed by atoms with Gasteiger partial charge in [0.1, 0.15) is 0 Å². The first-order valence-corrected chi connectivity index (χ1v) is 9.21. The van der Waals surface area contributed by atoms with Crippen molar-refractivity contribution in [3.63, 3.8) is 0 Å². The SMILES string of the molecule is CC.CC.CC.COC1CCN(CC2CCN(C)CC2)C1. The number of likely N-dealkylation sites (tertiary alicyclic amines) is 2. The van der Waals surface area contributed by atoms with Crippen molar-refractivity contribution < 1.29 is 4.74 Å². The first-order chi connectivity index (χ1) is 10.3. The average Bonchev–Trinajstić information content (AvgIpc) is 3.03. The maximum atomic E-state index is 5.40. The Morgan fingerprint density at radius 1 is 0.857 bits per heavy atom. The maximum Gasteiger partial charge on any atom is 0.0710 e. The lowest BCUT2D eigenvalue weighted by Gasteiger charge is -2.31. The minimum absolute atomic E-state index is 0.497. The second kappa shape index (κ2) is 16.3. The number of piperidine rings is 1. The lowest BCUT2D eigenvalue weighted by atomic mass is 9.97. The summed E-state index contributed by atoms with van der Waals surface area (Å²) in [5, 5.41) is 0. The van der Waals surface area contributed by atoms with E-state index in [4.69, 9.17) is 4.74 Å². The van der Waals surface area contributed by atoms with Gasteiger partial charge in [0.25, 0.3) is 0 Å². The van der Waals surface area contributed by atoms with Gasteiger partial charge in [-0.05, 0) is 45.3 Å². The normalized spacial score (nSPS) is 23.1. The van der Waals surface area contributed by atoms with Gasteiger partial charge in [0.05, 0.1) is 6.10 Å². The summed E-state index contributed by atoms with van der Waals surface area (Å²) in [4.78, 5) is 5.03. The van der Waals surface area contributed by atoms with Crippen LogP contribution in [0.15, 0.2) is 0 Å². The van der Waals surface area contributed by atoms with Crippen LogP contribution in [0.3, 0.4) is 0 Å². The van der Waals surface area contributed by atoms with E-state index in [1.54, 1.807) is 0 Å². The molecule has 1 unspecified atom stereocenters. The predicted molar refractivity (Wildman–Crippen MR) is 96.1 cm³/mol. The van der Waals surface area contributed by atoms with Crippen molar-refractivity contribution in [1.82, 2.24) is 9.80 Å². The summed E-state index contributed by atoms with van der Waals surface area (Å²) in [6, 6.07) is 0. The largest absolute Gasteiger partial charge is 0.380 e. The standard InChI is InChI=1S/C12H24N2O.3C2H6/c1-13-6-3-11(4-7-13)9-14-8-5-12(10-14)15-2;3*1-2/h11-12H,3-10H2,1-2H3;3*1-2H3. The van der Waals surface area contributed by atoms with E-state index in [9.17, 15) is 0 Å². The number of methoxy groups -OCH3 is 1. The highest BCUT2D eigenvalue weighted by Crippen LogP contribution is 2.20. The van der Waals surface area contributed by atoms with E-state index in [2.05, 4.69) is 16.8 Å². The van der Waals surface area contributed by atoms with Gasteiger partial charge >= 0.3 is 0 Å². The second-order valence-electron chi connectivity index (χ2n) is 5.15. The fourth-order valence-electron chi connectivity index (χ4n) is 2.77. The minimum atomic E-state index is 0.497. The first kappa shape index (κ1) is 23.2. The average molecular weight is 303 g/mol. The van der Waals surface area contributed by atoms with E-state index in [1.807, 2.05) is 48.7 Å². The predicted octanol–water partition coefficient (Wildman–Crippen LogP) is 4.13. The number of hydrogen-bond donors (Lipinski definition) is 0. The molecule has 2 saturated heterocycles. The Balaban J connectivity index is 0. The van der Waals surface area contributed by atoms with Gasteiger partial charge in [-0.25, -0.2) is 0 Å². The molecule has 3 nitrogen and oxygen atoms in total. The minimum Gasteiger partial charge on any atom is -0.380 e. The number of ether oxygens (including phenoxy) is 1. The van der Waals surface area contributed by atoms with Gasteiger partial charge in [-0.3, -0.25) is 0 Å². The molecular weight excluding hydrogens is 260 g/mol. The molecule has 2 aliphatic heterocycles. The molecule has 0 amide bonds. The maximum absolute atomic E-state index is 5.40. The van der Waals surface area contributed by atoms with E-state index < -0.39 is 0 Å². The van der Waals surface area contributed by atoms with Gasteiger partial charge < -0.3 is 14.5 Å². The zero-order chi connectivity index (χ0) is 16.7. The molecule has 2 aliphatic rings. The molecule has 0 radical (unpaired) electrons. The molecule has 0 saturated carbocycles. The van der Waals surface area contributed by atoms with Crippen LogP contribution in [0.5, 0.6) is 0 Å². The molecule has 130 valence electrons. The van der Waals surface area contributed by atoms with E-state index in [0.717, 1.165) is 12.5 Å². The molecule has 2 heterocycles. The Morgan fingerprint density at radius 2 is 1.38 bits per heavy atom. The third-order valence-corrected chi connectivity index (χ3v) is 3.92. The van der Waals surface area contributed by atoms with Gasteiger partial charge in [0.15, 0.2) is 0 Å². The third-order valence-electron chi connectivity index (χ3n) is 3.92. The summed E-state index contributed by atoms with van der Waals surface area (Å²) in [7, 11) is 4.07. The fourth-order valence-corrected chi connectivity index (χ4v) is 2.77. The van der Waals surface area contributed by atoms with Crippen LogP contribution in [0, 0.1) is 5.92 Å². The van der Waals surface area contributed by atoms with Crippen molar-refractivity contribution in [3.05, 3.63) is 0 Å². The monoisotopic (exact) mass is 302 g/mol. The van der Waals surface area contributed by atoms with Crippen LogP contribution >= 0.6 is 0 Å². The smallest absolute Gasteiger partial charge is 0.0710 e. The molecule has 0 spiro atoms. The zero-order valence-corrected chi connectivity index (χ0v) is 16.1. The highest BCUT2D eigenvalue weighted by molar-refractivity contribution is 4.80. The Morgan fingerprint density at radius 3 is 1.81 bits per heavy atom. The molecule has 0 N–H and O–H groups in total. The quantitative estimate of drug-likeness (QED) is 0.779. The molecule has 2 rings (SSSR count).